The van der Waals surface area contributed by atoms with E-state index in [4.69, 9.17) is 4.74 Å². The summed E-state index contributed by atoms with van der Waals surface area (Å²) in [6.07, 6.45) is 3.31. The summed E-state index contributed by atoms with van der Waals surface area (Å²) in [5.74, 6) is -1.16. The lowest BCUT2D eigenvalue weighted by Crippen LogP contribution is -2.28. The molecule has 2 aromatic heterocycles. The number of aryl methyl sites for hydroxylation is 1. The molecule has 1 atom stereocenters. The maximum atomic E-state index is 13.0. The number of ketones is 1. The van der Waals surface area contributed by atoms with Crippen molar-refractivity contribution in [3.8, 4) is 5.75 Å². The molecule has 1 aliphatic heterocycles. The summed E-state index contributed by atoms with van der Waals surface area (Å²) in [5, 5.41) is 13.1. The summed E-state index contributed by atoms with van der Waals surface area (Å²) < 4.78 is 5.38. The molecule has 0 aliphatic carbocycles. The average Bonchev–Trinajstić information content (AvgIpc) is 3.37. The number of nitrogens with zero attached hydrogens (tertiary/aromatic N) is 2. The average molecular weight is 420 g/mol. The zero-order valence-electron chi connectivity index (χ0n) is 16.5. The monoisotopic (exact) mass is 420 g/mol. The highest BCUT2D eigenvalue weighted by Crippen LogP contribution is 2.43. The Balaban J connectivity index is 1.88. The van der Waals surface area contributed by atoms with E-state index in [1.807, 2.05) is 36.6 Å². The molecular formula is C23H20N2O4S. The summed E-state index contributed by atoms with van der Waals surface area (Å²) in [7, 11) is 1.50. The molecule has 1 aliphatic rings. The van der Waals surface area contributed by atoms with Crippen LogP contribution >= 0.6 is 11.3 Å². The Kier molecular flexibility index (Phi) is 5.37. The van der Waals surface area contributed by atoms with Crippen molar-refractivity contribution in [3.05, 3.63) is 87.4 Å². The molecular weight excluding hydrogens is 400 g/mol. The highest BCUT2D eigenvalue weighted by molar-refractivity contribution is 7.10. The predicted molar refractivity (Wildman–Crippen MR) is 114 cm³/mol. The molecule has 152 valence electrons. The van der Waals surface area contributed by atoms with Crippen molar-refractivity contribution >= 4 is 28.8 Å². The van der Waals surface area contributed by atoms with Gasteiger partial charge >= 0.3 is 0 Å². The second-order valence-corrected chi connectivity index (χ2v) is 7.99. The number of methoxy groups -OCH3 is 1. The van der Waals surface area contributed by atoms with Crippen LogP contribution < -0.4 is 4.74 Å². The summed E-state index contributed by atoms with van der Waals surface area (Å²) in [6.45, 7) is 2.09. The molecule has 1 aromatic carbocycles. The summed E-state index contributed by atoms with van der Waals surface area (Å²) in [6, 6.07) is 12.0. The van der Waals surface area contributed by atoms with Crippen LogP contribution in [0.3, 0.4) is 0 Å². The summed E-state index contributed by atoms with van der Waals surface area (Å²) in [5.41, 5.74) is 2.15. The van der Waals surface area contributed by atoms with Crippen LogP contribution in [0.1, 0.15) is 27.6 Å². The number of benzene rings is 1. The number of aliphatic hydroxyl groups excluding tert-OH is 1. The van der Waals surface area contributed by atoms with Gasteiger partial charge in [0.15, 0.2) is 0 Å². The van der Waals surface area contributed by atoms with E-state index in [0.717, 1.165) is 16.0 Å². The SMILES string of the molecule is COc1ccc(C)cc1/C(O)=C1/C(=O)C(=O)N(Cc2cccnc2)C1c1cccs1. The standard InChI is InChI=1S/C23H20N2O4S/c1-14-7-8-17(29-2)16(11-14)21(26)19-20(18-6-4-10-30-18)25(23(28)22(19)27)13-15-5-3-9-24-12-15/h3-12,20,26H,13H2,1-2H3/b21-19-. The van der Waals surface area contributed by atoms with E-state index < -0.39 is 17.7 Å². The minimum atomic E-state index is -0.710. The largest absolute Gasteiger partial charge is 0.507 e. The number of carbonyl (C=O) groups is 2. The van der Waals surface area contributed by atoms with Crippen molar-refractivity contribution in [2.75, 3.05) is 7.11 Å². The van der Waals surface area contributed by atoms with Gasteiger partial charge in [-0.15, -0.1) is 11.3 Å². The molecule has 3 aromatic rings. The van der Waals surface area contributed by atoms with Crippen molar-refractivity contribution in [2.45, 2.75) is 19.5 Å². The molecule has 4 rings (SSSR count). The summed E-state index contributed by atoms with van der Waals surface area (Å²) >= 11 is 1.43. The first-order valence-electron chi connectivity index (χ1n) is 9.37. The van der Waals surface area contributed by atoms with Crippen molar-refractivity contribution in [2.24, 2.45) is 0 Å². The van der Waals surface area contributed by atoms with E-state index in [-0.39, 0.29) is 17.9 Å². The first-order chi connectivity index (χ1) is 14.5. The van der Waals surface area contributed by atoms with Crippen molar-refractivity contribution in [3.63, 3.8) is 0 Å². The van der Waals surface area contributed by atoms with Gasteiger partial charge in [0.2, 0.25) is 0 Å². The van der Waals surface area contributed by atoms with E-state index in [9.17, 15) is 14.7 Å². The molecule has 6 nitrogen and oxygen atoms in total. The van der Waals surface area contributed by atoms with Crippen LogP contribution in [0.25, 0.3) is 5.76 Å². The molecule has 7 heteroatoms. The molecule has 0 spiro atoms. The zero-order chi connectivity index (χ0) is 21.3. The van der Waals surface area contributed by atoms with Gasteiger partial charge in [-0.3, -0.25) is 14.6 Å². The number of likely N-dealkylation sites (tertiary alicyclic amines) is 1. The fourth-order valence-corrected chi connectivity index (χ4v) is 4.47. The molecule has 0 saturated carbocycles. The van der Waals surface area contributed by atoms with Gasteiger partial charge in [0.25, 0.3) is 11.7 Å². The Morgan fingerprint density at radius 2 is 2.07 bits per heavy atom. The van der Waals surface area contributed by atoms with Gasteiger partial charge in [0.1, 0.15) is 11.5 Å². The van der Waals surface area contributed by atoms with Gasteiger partial charge in [-0.25, -0.2) is 0 Å². The minimum Gasteiger partial charge on any atom is -0.507 e. The van der Waals surface area contributed by atoms with E-state index in [1.165, 1.54) is 23.3 Å². The number of amides is 1. The number of Topliss-reactive ketones (excluding diaryl/α,β-unsaturated/α-hetero) is 1. The highest BCUT2D eigenvalue weighted by atomic mass is 32.1. The normalized spacial score (nSPS) is 18.1. The zero-order valence-corrected chi connectivity index (χ0v) is 17.3. The van der Waals surface area contributed by atoms with Crippen LogP contribution in [0.15, 0.2) is 65.8 Å². The third-order valence-corrected chi connectivity index (χ3v) is 5.96. The number of pyridine rings is 1. The van der Waals surface area contributed by atoms with Crippen LogP contribution in [-0.2, 0) is 16.1 Å². The molecule has 30 heavy (non-hydrogen) atoms. The maximum Gasteiger partial charge on any atom is 0.295 e. The number of rotatable bonds is 5. The molecule has 3 heterocycles. The molecule has 1 N–H and O–H groups in total. The fraction of sp³-hybridized carbons (Fsp3) is 0.174. The van der Waals surface area contributed by atoms with Crippen molar-refractivity contribution in [1.82, 2.24) is 9.88 Å². The lowest BCUT2D eigenvalue weighted by atomic mass is 9.98. The molecule has 1 saturated heterocycles. The minimum absolute atomic E-state index is 0.0650. The van der Waals surface area contributed by atoms with Gasteiger partial charge in [-0.2, -0.15) is 0 Å². The topological polar surface area (TPSA) is 79.7 Å². The number of hydrogen-bond donors (Lipinski definition) is 1. The Bertz CT molecular complexity index is 1120. The summed E-state index contributed by atoms with van der Waals surface area (Å²) in [4.78, 5) is 32.4. The Hall–Kier alpha value is -3.45. The van der Waals surface area contributed by atoms with Gasteiger partial charge in [0.05, 0.1) is 24.3 Å². The number of hydrogen-bond acceptors (Lipinski definition) is 6. The number of ether oxygens (including phenoxy) is 1. The van der Waals surface area contributed by atoms with Crippen LogP contribution in [0.4, 0.5) is 0 Å². The molecule has 0 radical (unpaired) electrons. The molecule has 0 bridgehead atoms. The lowest BCUT2D eigenvalue weighted by molar-refractivity contribution is -0.140. The van der Waals surface area contributed by atoms with Gasteiger partial charge in [-0.1, -0.05) is 23.8 Å². The van der Waals surface area contributed by atoms with Crippen LogP contribution in [0, 0.1) is 6.92 Å². The molecule has 1 amide bonds. The number of aromatic nitrogens is 1. The first-order valence-corrected chi connectivity index (χ1v) is 10.2. The first kappa shape index (κ1) is 19.8. The maximum absolute atomic E-state index is 13.0. The van der Waals surface area contributed by atoms with Crippen LogP contribution in [0.5, 0.6) is 5.75 Å². The second kappa shape index (κ2) is 8.12. The fourth-order valence-electron chi connectivity index (χ4n) is 3.63. The number of thiophene rings is 1. The third-order valence-electron chi connectivity index (χ3n) is 5.04. The predicted octanol–water partition coefficient (Wildman–Crippen LogP) is 4.08. The van der Waals surface area contributed by atoms with Crippen molar-refractivity contribution < 1.29 is 19.4 Å². The molecule has 1 unspecified atom stereocenters. The van der Waals surface area contributed by atoms with E-state index in [2.05, 4.69) is 4.98 Å². The number of carbonyl (C=O) groups excluding carboxylic acids is 2. The molecule has 1 fully saturated rings. The second-order valence-electron chi connectivity index (χ2n) is 7.01. The highest BCUT2D eigenvalue weighted by Gasteiger charge is 2.46. The Morgan fingerprint density at radius 3 is 2.73 bits per heavy atom. The van der Waals surface area contributed by atoms with Crippen LogP contribution in [-0.4, -0.2) is 33.8 Å². The van der Waals surface area contributed by atoms with Crippen molar-refractivity contribution in [1.29, 1.82) is 0 Å². The van der Waals surface area contributed by atoms with Crippen LogP contribution in [0.2, 0.25) is 0 Å². The smallest absolute Gasteiger partial charge is 0.295 e. The van der Waals surface area contributed by atoms with E-state index in [0.29, 0.717) is 11.3 Å². The number of aliphatic hydroxyl groups is 1. The van der Waals surface area contributed by atoms with E-state index in [1.54, 1.807) is 30.6 Å². The Labute approximate surface area is 178 Å². The quantitative estimate of drug-likeness (QED) is 0.382. The van der Waals surface area contributed by atoms with Gasteiger partial charge in [0, 0.05) is 23.8 Å². The van der Waals surface area contributed by atoms with E-state index >= 15 is 0 Å². The van der Waals surface area contributed by atoms with Gasteiger partial charge < -0.3 is 14.7 Å². The van der Waals surface area contributed by atoms with Gasteiger partial charge in [-0.05, 0) is 42.1 Å². The third kappa shape index (κ3) is 3.48. The lowest BCUT2D eigenvalue weighted by Gasteiger charge is -2.24. The Morgan fingerprint density at radius 1 is 1.23 bits per heavy atom.